The zero-order valence-corrected chi connectivity index (χ0v) is 18.2. The Morgan fingerprint density at radius 2 is 1.89 bits per heavy atom. The molecule has 0 saturated carbocycles. The van der Waals surface area contributed by atoms with E-state index in [0.717, 1.165) is 28.4 Å². The van der Waals surface area contributed by atoms with E-state index < -0.39 is 0 Å². The third-order valence-corrected chi connectivity index (χ3v) is 5.27. The van der Waals surface area contributed by atoms with Crippen molar-refractivity contribution in [3.05, 3.63) is 80.7 Å². The molecular formula is C22H22IN3O2. The molecule has 144 valence electrons. The predicted octanol–water partition coefficient (Wildman–Crippen LogP) is 4.86. The topological polar surface area (TPSA) is 55.6 Å². The van der Waals surface area contributed by atoms with E-state index in [-0.39, 0.29) is 5.91 Å². The van der Waals surface area contributed by atoms with Gasteiger partial charge in [-0.1, -0.05) is 12.1 Å². The molecular weight excluding hydrogens is 465 g/mol. The highest BCUT2D eigenvalue weighted by Crippen LogP contribution is 2.23. The SMILES string of the molecule is CCOc1ccc(C(=O)N/N=C/c2cc(C)n(-c3ccccc3I)c2C)cc1. The van der Waals surface area contributed by atoms with Crippen molar-refractivity contribution in [1.29, 1.82) is 0 Å². The number of hydrogen-bond acceptors (Lipinski definition) is 3. The Morgan fingerprint density at radius 1 is 1.18 bits per heavy atom. The third kappa shape index (κ3) is 4.44. The smallest absolute Gasteiger partial charge is 0.271 e. The molecule has 0 spiro atoms. The number of carbonyl (C=O) groups is 1. The lowest BCUT2D eigenvalue weighted by molar-refractivity contribution is 0.0955. The van der Waals surface area contributed by atoms with Crippen molar-refractivity contribution in [3.8, 4) is 11.4 Å². The molecule has 0 saturated heterocycles. The molecule has 2 aromatic carbocycles. The first kappa shape index (κ1) is 20.1. The van der Waals surface area contributed by atoms with E-state index in [1.165, 1.54) is 3.57 Å². The van der Waals surface area contributed by atoms with Crippen molar-refractivity contribution in [2.24, 2.45) is 5.10 Å². The summed E-state index contributed by atoms with van der Waals surface area (Å²) in [5.41, 5.74) is 7.40. The van der Waals surface area contributed by atoms with Crippen LogP contribution in [0.3, 0.4) is 0 Å². The number of halogens is 1. The third-order valence-electron chi connectivity index (χ3n) is 4.36. The van der Waals surface area contributed by atoms with E-state index in [9.17, 15) is 4.79 Å². The van der Waals surface area contributed by atoms with Gasteiger partial charge in [-0.3, -0.25) is 4.79 Å². The van der Waals surface area contributed by atoms with Crippen molar-refractivity contribution in [3.63, 3.8) is 0 Å². The van der Waals surface area contributed by atoms with Crippen LogP contribution in [0.5, 0.6) is 5.75 Å². The molecule has 6 heteroatoms. The molecule has 0 fully saturated rings. The summed E-state index contributed by atoms with van der Waals surface area (Å²) in [5.74, 6) is 0.483. The van der Waals surface area contributed by atoms with Crippen LogP contribution in [-0.2, 0) is 0 Å². The maximum atomic E-state index is 12.3. The fourth-order valence-corrected chi connectivity index (χ4v) is 3.64. The number of carbonyl (C=O) groups excluding carboxylic acids is 1. The Kier molecular flexibility index (Phi) is 6.51. The average molecular weight is 487 g/mol. The number of nitrogens with zero attached hydrogens (tertiary/aromatic N) is 2. The number of rotatable bonds is 6. The Hall–Kier alpha value is -2.61. The molecule has 1 aromatic heterocycles. The minimum Gasteiger partial charge on any atom is -0.494 e. The number of ether oxygens (including phenoxy) is 1. The van der Waals surface area contributed by atoms with Gasteiger partial charge in [0.25, 0.3) is 5.91 Å². The van der Waals surface area contributed by atoms with Gasteiger partial charge < -0.3 is 9.30 Å². The number of hydrazone groups is 1. The Balaban J connectivity index is 1.74. The number of nitrogens with one attached hydrogen (secondary N) is 1. The van der Waals surface area contributed by atoms with Crippen LogP contribution in [0.2, 0.25) is 0 Å². The molecule has 0 bridgehead atoms. The summed E-state index contributed by atoms with van der Waals surface area (Å²) >= 11 is 2.34. The zero-order chi connectivity index (χ0) is 20.1. The minimum absolute atomic E-state index is 0.259. The first-order valence-corrected chi connectivity index (χ1v) is 10.1. The van der Waals surface area contributed by atoms with Crippen LogP contribution in [0.25, 0.3) is 5.69 Å². The molecule has 1 amide bonds. The molecule has 1 heterocycles. The average Bonchev–Trinajstić information content (AvgIpc) is 2.96. The van der Waals surface area contributed by atoms with Gasteiger partial charge in [-0.2, -0.15) is 5.10 Å². The maximum Gasteiger partial charge on any atom is 0.271 e. The van der Waals surface area contributed by atoms with Crippen LogP contribution in [-0.4, -0.2) is 23.3 Å². The van der Waals surface area contributed by atoms with Crippen LogP contribution >= 0.6 is 22.6 Å². The standard InChI is InChI=1S/C22H22IN3O2/c1-4-28-19-11-9-17(10-12-19)22(27)25-24-14-18-13-15(2)26(16(18)3)21-8-6-5-7-20(21)23/h5-14H,4H2,1-3H3,(H,25,27)/b24-14+. The van der Waals surface area contributed by atoms with Crippen LogP contribution in [0.4, 0.5) is 0 Å². The number of aromatic nitrogens is 1. The van der Waals surface area contributed by atoms with Crippen LogP contribution < -0.4 is 10.2 Å². The second kappa shape index (κ2) is 9.05. The molecule has 0 atom stereocenters. The van der Waals surface area contributed by atoms with Crippen molar-refractivity contribution in [2.45, 2.75) is 20.8 Å². The highest BCUT2D eigenvalue weighted by molar-refractivity contribution is 14.1. The first-order chi connectivity index (χ1) is 13.5. The molecule has 0 radical (unpaired) electrons. The van der Waals surface area contributed by atoms with Gasteiger partial charge in [0, 0.05) is 26.1 Å². The summed E-state index contributed by atoms with van der Waals surface area (Å²) in [7, 11) is 0. The van der Waals surface area contributed by atoms with Gasteiger partial charge in [-0.25, -0.2) is 5.43 Å². The highest BCUT2D eigenvalue weighted by Gasteiger charge is 2.11. The Bertz CT molecular complexity index is 1010. The molecule has 5 nitrogen and oxygen atoms in total. The monoisotopic (exact) mass is 487 g/mol. The fourth-order valence-electron chi connectivity index (χ4n) is 3.02. The van der Waals surface area contributed by atoms with Crippen LogP contribution in [0.15, 0.2) is 59.7 Å². The van der Waals surface area contributed by atoms with E-state index in [1.54, 1.807) is 30.5 Å². The van der Waals surface area contributed by atoms with Crippen molar-refractivity contribution < 1.29 is 9.53 Å². The summed E-state index contributed by atoms with van der Waals surface area (Å²) in [6.45, 7) is 6.62. The van der Waals surface area contributed by atoms with Crippen LogP contribution in [0.1, 0.15) is 34.2 Å². The fraction of sp³-hybridized carbons (Fsp3) is 0.182. The normalized spacial score (nSPS) is 11.0. The largest absolute Gasteiger partial charge is 0.494 e. The van der Waals surface area contributed by atoms with Gasteiger partial charge in [0.15, 0.2) is 0 Å². The van der Waals surface area contributed by atoms with E-state index in [4.69, 9.17) is 4.74 Å². The zero-order valence-electron chi connectivity index (χ0n) is 16.1. The van der Waals surface area contributed by atoms with Gasteiger partial charge in [-0.15, -0.1) is 0 Å². The molecule has 3 aromatic rings. The van der Waals surface area contributed by atoms with E-state index in [0.29, 0.717) is 12.2 Å². The number of benzene rings is 2. The summed E-state index contributed by atoms with van der Waals surface area (Å²) in [6.07, 6.45) is 1.68. The number of para-hydroxylation sites is 1. The summed E-state index contributed by atoms with van der Waals surface area (Å²) in [5, 5.41) is 4.14. The second-order valence-electron chi connectivity index (χ2n) is 6.27. The van der Waals surface area contributed by atoms with Gasteiger partial charge in [0.05, 0.1) is 18.5 Å². The number of aryl methyl sites for hydroxylation is 1. The van der Waals surface area contributed by atoms with E-state index in [1.807, 2.05) is 26.0 Å². The molecule has 3 rings (SSSR count). The predicted molar refractivity (Wildman–Crippen MR) is 121 cm³/mol. The lowest BCUT2D eigenvalue weighted by Gasteiger charge is -2.11. The van der Waals surface area contributed by atoms with Gasteiger partial charge in [0.2, 0.25) is 0 Å². The second-order valence-corrected chi connectivity index (χ2v) is 7.43. The minimum atomic E-state index is -0.259. The van der Waals surface area contributed by atoms with Crippen molar-refractivity contribution in [2.75, 3.05) is 6.61 Å². The quantitative estimate of drug-likeness (QED) is 0.307. The summed E-state index contributed by atoms with van der Waals surface area (Å²) < 4.78 is 8.75. The molecule has 0 aliphatic rings. The maximum absolute atomic E-state index is 12.3. The Morgan fingerprint density at radius 3 is 2.57 bits per heavy atom. The van der Waals surface area contributed by atoms with Crippen LogP contribution in [0, 0.1) is 17.4 Å². The van der Waals surface area contributed by atoms with Gasteiger partial charge in [0.1, 0.15) is 5.75 Å². The van der Waals surface area contributed by atoms with Gasteiger partial charge in [-0.05, 0) is 85.8 Å². The van der Waals surface area contributed by atoms with Gasteiger partial charge >= 0.3 is 0 Å². The molecule has 0 unspecified atom stereocenters. The Labute approximate surface area is 178 Å². The summed E-state index contributed by atoms with van der Waals surface area (Å²) in [4.78, 5) is 12.3. The lowest BCUT2D eigenvalue weighted by Crippen LogP contribution is -2.17. The first-order valence-electron chi connectivity index (χ1n) is 9.01. The number of hydrogen-bond donors (Lipinski definition) is 1. The van der Waals surface area contributed by atoms with Crippen molar-refractivity contribution in [1.82, 2.24) is 9.99 Å². The lowest BCUT2D eigenvalue weighted by atomic mass is 10.2. The summed E-state index contributed by atoms with van der Waals surface area (Å²) in [6, 6.07) is 17.3. The molecule has 1 N–H and O–H groups in total. The van der Waals surface area contributed by atoms with E-state index in [2.05, 4.69) is 62.8 Å². The molecule has 28 heavy (non-hydrogen) atoms. The highest BCUT2D eigenvalue weighted by atomic mass is 127. The van der Waals surface area contributed by atoms with Crippen molar-refractivity contribution >= 4 is 34.7 Å². The van der Waals surface area contributed by atoms with E-state index >= 15 is 0 Å². The number of amides is 1. The molecule has 0 aliphatic carbocycles. The molecule has 0 aliphatic heterocycles.